The Morgan fingerprint density at radius 1 is 1.15 bits per heavy atom. The third-order valence-corrected chi connectivity index (χ3v) is 6.95. The number of nitrogens with one attached hydrogen (secondary N) is 3. The average Bonchev–Trinajstić information content (AvgIpc) is 3.55. The predicted molar refractivity (Wildman–Crippen MR) is 150 cm³/mol. The molecule has 1 aromatic heterocycles. The first-order chi connectivity index (χ1) is 19.1. The summed E-state index contributed by atoms with van der Waals surface area (Å²) in [4.78, 5) is 53.9. The standard InChI is InChI=1S/C27H31ClFN7O4/c1-34(2)11-9-31-24(37)16-12-17(23(29)19(28)13-16)14-32-25(38)22-8-5-10-35(22)27(40)33-20-15-36(26(30)39)21-7-4-3-6-18(20)21/h3-4,6-7,12-13,15,22H,5,8-11,14H2,1-2H3,(H2,30,39)(H,31,37)(H,32,38)(H,33,40)/t22-/m0/s1. The lowest BCUT2D eigenvalue weighted by atomic mass is 10.1. The van der Waals surface area contributed by atoms with Crippen LogP contribution in [-0.2, 0) is 11.3 Å². The lowest BCUT2D eigenvalue weighted by molar-refractivity contribution is -0.124. The van der Waals surface area contributed by atoms with Gasteiger partial charge >= 0.3 is 12.1 Å². The summed E-state index contributed by atoms with van der Waals surface area (Å²) in [5, 5.41) is 8.57. The molecule has 2 aromatic carbocycles. The van der Waals surface area contributed by atoms with Gasteiger partial charge < -0.3 is 31.5 Å². The maximum Gasteiger partial charge on any atom is 0.323 e. The molecule has 0 aliphatic carbocycles. The summed E-state index contributed by atoms with van der Waals surface area (Å²) in [5.41, 5.74) is 6.59. The second-order valence-electron chi connectivity index (χ2n) is 9.76. The molecule has 3 aromatic rings. The van der Waals surface area contributed by atoms with E-state index < -0.39 is 35.7 Å². The van der Waals surface area contributed by atoms with Crippen LogP contribution in [0.25, 0.3) is 10.9 Å². The molecule has 11 nitrogen and oxygen atoms in total. The number of primary amides is 1. The van der Waals surface area contributed by atoms with Crippen molar-refractivity contribution in [1.82, 2.24) is 25.0 Å². The Kier molecular flexibility index (Phi) is 8.90. The monoisotopic (exact) mass is 571 g/mol. The number of benzene rings is 2. The Bertz CT molecular complexity index is 1460. The van der Waals surface area contributed by atoms with Crippen molar-refractivity contribution in [1.29, 1.82) is 0 Å². The van der Waals surface area contributed by atoms with Gasteiger partial charge in [-0.15, -0.1) is 0 Å². The number of hydrogen-bond acceptors (Lipinski definition) is 5. The van der Waals surface area contributed by atoms with E-state index in [9.17, 15) is 23.6 Å². The normalized spacial score (nSPS) is 14.9. The molecule has 1 saturated heterocycles. The summed E-state index contributed by atoms with van der Waals surface area (Å²) in [5.74, 6) is -1.62. The minimum absolute atomic E-state index is 0.0480. The van der Waals surface area contributed by atoms with Gasteiger partial charge in [-0.05, 0) is 45.1 Å². The Labute approximate surface area is 235 Å². The molecule has 4 rings (SSSR count). The second-order valence-corrected chi connectivity index (χ2v) is 10.2. The van der Waals surface area contributed by atoms with E-state index in [1.807, 2.05) is 19.0 Å². The van der Waals surface area contributed by atoms with Crippen LogP contribution in [0.15, 0.2) is 42.6 Å². The fourth-order valence-corrected chi connectivity index (χ4v) is 4.87. The van der Waals surface area contributed by atoms with Crippen molar-refractivity contribution in [3.8, 4) is 0 Å². The summed E-state index contributed by atoms with van der Waals surface area (Å²) >= 11 is 6.03. The van der Waals surface area contributed by atoms with Gasteiger partial charge in [0.25, 0.3) is 5.91 Å². The molecule has 1 aliphatic heterocycles. The van der Waals surface area contributed by atoms with Crippen molar-refractivity contribution >= 4 is 52.1 Å². The molecule has 1 fully saturated rings. The highest BCUT2D eigenvalue weighted by Crippen LogP contribution is 2.27. The number of nitrogens with zero attached hydrogens (tertiary/aromatic N) is 3. The van der Waals surface area contributed by atoms with E-state index in [0.29, 0.717) is 49.1 Å². The highest BCUT2D eigenvalue weighted by molar-refractivity contribution is 6.31. The van der Waals surface area contributed by atoms with Gasteiger partial charge in [0.2, 0.25) is 5.91 Å². The van der Waals surface area contributed by atoms with Crippen LogP contribution in [0.4, 0.5) is 19.7 Å². The van der Waals surface area contributed by atoms with E-state index in [2.05, 4.69) is 16.0 Å². The first kappa shape index (κ1) is 28.8. The summed E-state index contributed by atoms with van der Waals surface area (Å²) in [7, 11) is 3.75. The minimum Gasteiger partial charge on any atom is -0.351 e. The molecule has 0 radical (unpaired) electrons. The maximum absolute atomic E-state index is 14.7. The third kappa shape index (κ3) is 6.35. The van der Waals surface area contributed by atoms with Crippen LogP contribution in [0, 0.1) is 5.82 Å². The second kappa shape index (κ2) is 12.3. The SMILES string of the molecule is CN(C)CCNC(=O)c1cc(Cl)c(F)c(CNC(=O)[C@@H]2CCCN2C(=O)Nc2cn(C(N)=O)c3ccccc23)c1. The Morgan fingerprint density at radius 2 is 1.90 bits per heavy atom. The van der Waals surface area contributed by atoms with Crippen molar-refractivity contribution in [2.75, 3.05) is 39.0 Å². The molecule has 1 aliphatic rings. The molecule has 40 heavy (non-hydrogen) atoms. The number of rotatable bonds is 8. The number of carbonyl (C=O) groups excluding carboxylic acids is 4. The molecule has 13 heteroatoms. The number of urea groups is 1. The summed E-state index contributed by atoms with van der Waals surface area (Å²) in [6, 6.07) is 7.55. The van der Waals surface area contributed by atoms with Crippen molar-refractivity contribution < 1.29 is 23.6 Å². The van der Waals surface area contributed by atoms with Crippen molar-refractivity contribution in [3.63, 3.8) is 0 Å². The molecule has 0 bridgehead atoms. The fraction of sp³-hybridized carbons (Fsp3) is 0.333. The summed E-state index contributed by atoms with van der Waals surface area (Å²) in [6.07, 6.45) is 2.45. The predicted octanol–water partition coefficient (Wildman–Crippen LogP) is 2.96. The summed E-state index contributed by atoms with van der Waals surface area (Å²) in [6.45, 7) is 1.14. The van der Waals surface area contributed by atoms with E-state index in [0.717, 1.165) is 0 Å². The number of aromatic nitrogens is 1. The zero-order valence-electron chi connectivity index (χ0n) is 22.2. The van der Waals surface area contributed by atoms with Crippen molar-refractivity contribution in [3.05, 3.63) is 64.6 Å². The van der Waals surface area contributed by atoms with Gasteiger partial charge in [0.15, 0.2) is 0 Å². The van der Waals surface area contributed by atoms with Crippen LogP contribution in [-0.4, -0.2) is 78.0 Å². The minimum atomic E-state index is -0.791. The number of likely N-dealkylation sites (N-methyl/N-ethyl adjacent to an activating group) is 1. The van der Waals surface area contributed by atoms with Gasteiger partial charge in [-0.3, -0.25) is 14.2 Å². The van der Waals surface area contributed by atoms with Crippen LogP contribution in [0.2, 0.25) is 5.02 Å². The number of halogens is 2. The number of para-hydroxylation sites is 1. The highest BCUT2D eigenvalue weighted by Gasteiger charge is 2.34. The molecule has 2 heterocycles. The number of fused-ring (bicyclic) bond motifs is 1. The molecule has 0 saturated carbocycles. The van der Waals surface area contributed by atoms with Crippen LogP contribution >= 0.6 is 11.6 Å². The molecule has 212 valence electrons. The van der Waals surface area contributed by atoms with Crippen LogP contribution in [0.1, 0.15) is 28.8 Å². The van der Waals surface area contributed by atoms with Gasteiger partial charge in [-0.1, -0.05) is 29.8 Å². The number of likely N-dealkylation sites (tertiary alicyclic amines) is 1. The van der Waals surface area contributed by atoms with Gasteiger partial charge in [-0.25, -0.2) is 14.0 Å². The van der Waals surface area contributed by atoms with E-state index in [1.54, 1.807) is 24.3 Å². The molecule has 0 unspecified atom stereocenters. The van der Waals surface area contributed by atoms with Crippen molar-refractivity contribution in [2.24, 2.45) is 5.73 Å². The van der Waals surface area contributed by atoms with E-state index in [1.165, 1.54) is 27.8 Å². The lowest BCUT2D eigenvalue weighted by Crippen LogP contribution is -2.47. The summed E-state index contributed by atoms with van der Waals surface area (Å²) < 4.78 is 16.0. The number of amides is 5. The molecule has 5 amide bonds. The van der Waals surface area contributed by atoms with Crippen LogP contribution in [0.5, 0.6) is 0 Å². The molecule has 0 spiro atoms. The molecular formula is C27H31ClFN7O4. The zero-order valence-corrected chi connectivity index (χ0v) is 22.9. The quantitative estimate of drug-likeness (QED) is 0.329. The topological polar surface area (TPSA) is 142 Å². The van der Waals surface area contributed by atoms with Gasteiger partial charge in [-0.2, -0.15) is 0 Å². The van der Waals surface area contributed by atoms with E-state index in [-0.39, 0.29) is 22.7 Å². The fourth-order valence-electron chi connectivity index (χ4n) is 4.63. The first-order valence-electron chi connectivity index (χ1n) is 12.7. The average molecular weight is 572 g/mol. The van der Waals surface area contributed by atoms with Gasteiger partial charge in [0.05, 0.1) is 16.2 Å². The zero-order chi connectivity index (χ0) is 29.0. The Balaban J connectivity index is 1.43. The van der Waals surface area contributed by atoms with Crippen LogP contribution < -0.4 is 21.7 Å². The third-order valence-electron chi connectivity index (χ3n) is 6.67. The molecule has 1 atom stereocenters. The molecule has 5 N–H and O–H groups in total. The number of nitrogens with two attached hydrogens (primary N) is 1. The van der Waals surface area contributed by atoms with Gasteiger partial charge in [0, 0.05) is 48.9 Å². The van der Waals surface area contributed by atoms with Crippen LogP contribution in [0.3, 0.4) is 0 Å². The van der Waals surface area contributed by atoms with Crippen molar-refractivity contribution in [2.45, 2.75) is 25.4 Å². The maximum atomic E-state index is 14.7. The highest BCUT2D eigenvalue weighted by atomic mass is 35.5. The van der Waals surface area contributed by atoms with E-state index in [4.69, 9.17) is 17.3 Å². The molecular weight excluding hydrogens is 541 g/mol. The number of carbonyl (C=O) groups is 4. The van der Waals surface area contributed by atoms with Gasteiger partial charge in [0.1, 0.15) is 11.9 Å². The largest absolute Gasteiger partial charge is 0.351 e. The Morgan fingerprint density at radius 3 is 2.62 bits per heavy atom. The number of hydrogen-bond donors (Lipinski definition) is 4. The smallest absolute Gasteiger partial charge is 0.323 e. The number of anilines is 1. The van der Waals surface area contributed by atoms with E-state index >= 15 is 0 Å². The Hall–Kier alpha value is -4.16. The lowest BCUT2D eigenvalue weighted by Gasteiger charge is -2.24. The first-order valence-corrected chi connectivity index (χ1v) is 13.1.